The maximum Gasteiger partial charge on any atom is 0.417 e. The highest BCUT2D eigenvalue weighted by atomic mass is 19.4. The summed E-state index contributed by atoms with van der Waals surface area (Å²) in [5.41, 5.74) is 3.10. The Morgan fingerprint density at radius 1 is 0.895 bits per heavy atom. The van der Waals surface area contributed by atoms with Crippen LogP contribution < -0.4 is 0 Å². The molecule has 0 aliphatic rings. The van der Waals surface area contributed by atoms with Crippen molar-refractivity contribution in [1.82, 2.24) is 0 Å². The Morgan fingerprint density at radius 2 is 1.50 bits per heavy atom. The van der Waals surface area contributed by atoms with Gasteiger partial charge >= 0.3 is 6.18 Å². The first-order valence-corrected chi connectivity index (χ1v) is 11.3. The van der Waals surface area contributed by atoms with Crippen molar-refractivity contribution in [2.75, 3.05) is 14.2 Å². The lowest BCUT2D eigenvalue weighted by molar-refractivity contribution is -0.137. The number of benzene rings is 3. The van der Waals surface area contributed by atoms with Gasteiger partial charge in [-0.3, -0.25) is 4.79 Å². The highest BCUT2D eigenvalue weighted by Gasteiger charge is 2.34. The van der Waals surface area contributed by atoms with Crippen LogP contribution in [-0.4, -0.2) is 32.1 Å². The van der Waals surface area contributed by atoms with Gasteiger partial charge in [-0.2, -0.15) is 13.2 Å². The highest BCUT2D eigenvalue weighted by molar-refractivity contribution is 6.01. The fourth-order valence-corrected chi connectivity index (χ4v) is 3.58. The van der Waals surface area contributed by atoms with Crippen LogP contribution in [0.3, 0.4) is 0 Å². The average Bonchev–Trinajstić information content (AvgIpc) is 2.89. The third kappa shape index (κ3) is 8.16. The molecule has 0 fully saturated rings. The maximum atomic E-state index is 13.8. The van der Waals surface area contributed by atoms with Gasteiger partial charge in [0.25, 0.3) is 6.47 Å². The number of nitrogens with zero attached hydrogens (tertiary/aromatic N) is 2. The SMILES string of the molecule is CO/N=C(/C)c1cccc(C)c1CO/N=C(\C)c1ccc(-c2ccc(F)cc2)cc1C(F)(F)F.COC=O. The number of ether oxygens (including phenoxy) is 1. The molecule has 6 nitrogen and oxygen atoms in total. The van der Waals surface area contributed by atoms with Gasteiger partial charge in [-0.15, -0.1) is 0 Å². The van der Waals surface area contributed by atoms with Crippen molar-refractivity contribution >= 4 is 17.9 Å². The molecule has 3 aromatic carbocycles. The van der Waals surface area contributed by atoms with E-state index in [-0.39, 0.29) is 17.9 Å². The van der Waals surface area contributed by atoms with Crippen molar-refractivity contribution < 1.29 is 36.8 Å². The lowest BCUT2D eigenvalue weighted by Crippen LogP contribution is -2.13. The van der Waals surface area contributed by atoms with Crippen molar-refractivity contribution in [2.24, 2.45) is 10.3 Å². The standard InChI is InChI=1S/C26H24F4N2O2.C2H4O2/c1-16-6-5-7-22(17(2)31-33-4)24(16)15-34-32-18(3)23-13-10-20(14-25(23)26(28,29)30)19-8-11-21(27)12-9-19;1-4-2-3/h5-14H,15H2,1-4H3;2H,1H3/b31-17-,32-18+;. The van der Waals surface area contributed by atoms with Crippen LogP contribution in [0.2, 0.25) is 0 Å². The van der Waals surface area contributed by atoms with E-state index >= 15 is 0 Å². The summed E-state index contributed by atoms with van der Waals surface area (Å²) in [6.45, 7) is 5.56. The monoisotopic (exact) mass is 532 g/mol. The van der Waals surface area contributed by atoms with Crippen LogP contribution in [0.1, 0.15) is 41.7 Å². The summed E-state index contributed by atoms with van der Waals surface area (Å²) in [4.78, 5) is 19.3. The molecule has 38 heavy (non-hydrogen) atoms. The third-order valence-corrected chi connectivity index (χ3v) is 5.43. The molecule has 0 heterocycles. The topological polar surface area (TPSA) is 69.5 Å². The summed E-state index contributed by atoms with van der Waals surface area (Å²) < 4.78 is 58.6. The summed E-state index contributed by atoms with van der Waals surface area (Å²) in [6.07, 6.45) is -4.61. The molecule has 3 rings (SSSR count). The van der Waals surface area contributed by atoms with Crippen molar-refractivity contribution in [3.05, 3.63) is 94.3 Å². The van der Waals surface area contributed by atoms with E-state index in [0.29, 0.717) is 23.3 Å². The zero-order valence-electron chi connectivity index (χ0n) is 21.6. The number of oxime groups is 2. The Labute approximate surface area is 218 Å². The lowest BCUT2D eigenvalue weighted by atomic mass is 9.96. The number of rotatable bonds is 8. The minimum absolute atomic E-state index is 0.0466. The smallest absolute Gasteiger partial charge is 0.417 e. The molecule has 0 spiro atoms. The largest absolute Gasteiger partial charge is 0.471 e. The summed E-state index contributed by atoms with van der Waals surface area (Å²) in [5.74, 6) is -0.461. The average molecular weight is 533 g/mol. The van der Waals surface area contributed by atoms with Gasteiger partial charge in [-0.05, 0) is 55.7 Å². The summed E-state index contributed by atoms with van der Waals surface area (Å²) >= 11 is 0. The van der Waals surface area contributed by atoms with Crippen LogP contribution in [0.15, 0.2) is 71.0 Å². The Hall–Kier alpha value is -4.21. The van der Waals surface area contributed by atoms with Gasteiger partial charge in [0.2, 0.25) is 0 Å². The Balaban J connectivity index is 0.00000118. The first kappa shape index (κ1) is 30.0. The zero-order chi connectivity index (χ0) is 28.3. The molecule has 0 unspecified atom stereocenters. The molecule has 0 saturated carbocycles. The number of hydrogen-bond donors (Lipinski definition) is 0. The lowest BCUT2D eigenvalue weighted by Gasteiger charge is -2.15. The minimum Gasteiger partial charge on any atom is -0.471 e. The molecular weight excluding hydrogens is 504 g/mol. The number of aryl methyl sites for hydroxylation is 1. The van der Waals surface area contributed by atoms with Crippen molar-refractivity contribution in [3.63, 3.8) is 0 Å². The van der Waals surface area contributed by atoms with E-state index in [2.05, 4.69) is 15.0 Å². The van der Waals surface area contributed by atoms with Crippen LogP contribution in [-0.2, 0) is 32.0 Å². The number of halogens is 4. The van der Waals surface area contributed by atoms with E-state index in [9.17, 15) is 17.6 Å². The maximum absolute atomic E-state index is 13.8. The molecule has 0 aliphatic heterocycles. The summed E-state index contributed by atoms with van der Waals surface area (Å²) in [5, 5.41) is 7.90. The predicted molar refractivity (Wildman–Crippen MR) is 137 cm³/mol. The van der Waals surface area contributed by atoms with Crippen molar-refractivity contribution in [1.29, 1.82) is 0 Å². The van der Waals surface area contributed by atoms with Gasteiger partial charge in [0, 0.05) is 16.7 Å². The molecule has 0 bridgehead atoms. The molecule has 0 amide bonds. The third-order valence-electron chi connectivity index (χ3n) is 5.43. The molecule has 10 heteroatoms. The van der Waals surface area contributed by atoms with Crippen molar-refractivity contribution in [3.8, 4) is 11.1 Å². The van der Waals surface area contributed by atoms with E-state index in [0.717, 1.165) is 22.8 Å². The van der Waals surface area contributed by atoms with Gasteiger partial charge in [0.15, 0.2) is 0 Å². The fourth-order valence-electron chi connectivity index (χ4n) is 3.58. The van der Waals surface area contributed by atoms with Gasteiger partial charge in [-0.25, -0.2) is 4.39 Å². The van der Waals surface area contributed by atoms with Crippen LogP contribution in [0.5, 0.6) is 0 Å². The Morgan fingerprint density at radius 3 is 2.08 bits per heavy atom. The van der Waals surface area contributed by atoms with Crippen LogP contribution >= 0.6 is 0 Å². The summed E-state index contributed by atoms with van der Waals surface area (Å²) in [6, 6.07) is 14.8. The molecule has 0 aromatic heterocycles. The van der Waals surface area contributed by atoms with Crippen LogP contribution in [0, 0.1) is 12.7 Å². The Bertz CT molecular complexity index is 1290. The summed E-state index contributed by atoms with van der Waals surface area (Å²) in [7, 11) is 2.76. The van der Waals surface area contributed by atoms with Gasteiger partial charge in [-0.1, -0.05) is 52.8 Å². The first-order chi connectivity index (χ1) is 18.0. The molecule has 202 valence electrons. The van der Waals surface area contributed by atoms with Crippen LogP contribution in [0.25, 0.3) is 11.1 Å². The second-order valence-electron chi connectivity index (χ2n) is 8.01. The second kappa shape index (κ2) is 13.9. The van der Waals surface area contributed by atoms with E-state index in [1.54, 1.807) is 13.0 Å². The quantitative estimate of drug-likeness (QED) is 0.137. The molecule has 0 radical (unpaired) electrons. The molecular formula is C28H28F4N2O4. The molecule has 0 atom stereocenters. The minimum atomic E-state index is -4.61. The number of methoxy groups -OCH3 is 1. The van der Waals surface area contributed by atoms with E-state index in [1.807, 2.05) is 25.1 Å². The number of carbonyl (C=O) groups is 1. The van der Waals surface area contributed by atoms with Gasteiger partial charge in [0.05, 0.1) is 24.1 Å². The Kier molecular flexibility index (Phi) is 11.0. The predicted octanol–water partition coefficient (Wildman–Crippen LogP) is 6.92. The normalized spacial score (nSPS) is 11.8. The van der Waals surface area contributed by atoms with Crippen molar-refractivity contribution in [2.45, 2.75) is 33.6 Å². The molecule has 0 N–H and O–H groups in total. The van der Waals surface area contributed by atoms with Gasteiger partial charge < -0.3 is 14.4 Å². The first-order valence-electron chi connectivity index (χ1n) is 11.3. The van der Waals surface area contributed by atoms with E-state index < -0.39 is 17.6 Å². The van der Waals surface area contributed by atoms with E-state index in [4.69, 9.17) is 14.5 Å². The number of hydrogen-bond acceptors (Lipinski definition) is 6. The van der Waals surface area contributed by atoms with E-state index in [1.165, 1.54) is 51.5 Å². The van der Waals surface area contributed by atoms with Crippen LogP contribution in [0.4, 0.5) is 17.6 Å². The fraction of sp³-hybridized carbons (Fsp3) is 0.250. The number of alkyl halides is 3. The molecule has 0 saturated heterocycles. The molecule has 3 aromatic rings. The number of carbonyl (C=O) groups excluding carboxylic acids is 1. The molecule has 0 aliphatic carbocycles. The highest BCUT2D eigenvalue weighted by Crippen LogP contribution is 2.35. The second-order valence-corrected chi connectivity index (χ2v) is 8.01. The zero-order valence-corrected chi connectivity index (χ0v) is 21.6. The van der Waals surface area contributed by atoms with Gasteiger partial charge in [0.1, 0.15) is 19.5 Å².